The molecule has 11 heteroatoms. The number of anilines is 1. The van der Waals surface area contributed by atoms with Crippen LogP contribution in [0.25, 0.3) is 11.4 Å². The van der Waals surface area contributed by atoms with Gasteiger partial charge in [-0.05, 0) is 26.0 Å². The Morgan fingerprint density at radius 2 is 2.03 bits per heavy atom. The van der Waals surface area contributed by atoms with Crippen LogP contribution in [-0.2, 0) is 11.8 Å². The number of amides is 1. The number of nitrogens with one attached hydrogen (secondary N) is 1. The van der Waals surface area contributed by atoms with Gasteiger partial charge in [-0.2, -0.15) is 0 Å². The van der Waals surface area contributed by atoms with E-state index in [9.17, 15) is 19.3 Å². The highest BCUT2D eigenvalue weighted by Gasteiger charge is 2.22. The van der Waals surface area contributed by atoms with Crippen molar-refractivity contribution in [3.8, 4) is 11.4 Å². The number of ether oxygens (including phenoxy) is 1. The Bertz CT molecular complexity index is 1080. The van der Waals surface area contributed by atoms with Crippen molar-refractivity contribution in [3.63, 3.8) is 0 Å². The summed E-state index contributed by atoms with van der Waals surface area (Å²) in [6, 6.07) is 8.69. The maximum absolute atomic E-state index is 13.9. The number of nitrogens with zero attached hydrogens (tertiary/aromatic N) is 5. The van der Waals surface area contributed by atoms with Crippen molar-refractivity contribution < 1.29 is 18.8 Å². The third-order valence-corrected chi connectivity index (χ3v) is 4.17. The van der Waals surface area contributed by atoms with Gasteiger partial charge in [-0.15, -0.1) is 5.10 Å². The van der Waals surface area contributed by atoms with Gasteiger partial charge in [0.25, 0.3) is 5.69 Å². The molecule has 1 N–H and O–H groups in total. The molecule has 0 spiro atoms. The number of carbonyl (C=O) groups excluding carboxylic acids is 1. The minimum absolute atomic E-state index is 0.134. The molecule has 29 heavy (non-hydrogen) atoms. The molecule has 150 valence electrons. The first-order valence-electron chi connectivity index (χ1n) is 8.52. The summed E-state index contributed by atoms with van der Waals surface area (Å²) in [5.41, 5.74) is 0.795. The number of nitro groups is 1. The molecule has 0 bridgehead atoms. The van der Waals surface area contributed by atoms with Gasteiger partial charge in [0, 0.05) is 18.7 Å². The predicted molar refractivity (Wildman–Crippen MR) is 101 cm³/mol. The number of halogens is 1. The molecule has 10 nitrogen and oxygen atoms in total. The molecular weight excluding hydrogens is 383 g/mol. The van der Waals surface area contributed by atoms with E-state index in [1.54, 1.807) is 26.1 Å². The second kappa shape index (κ2) is 8.00. The normalized spacial score (nSPS) is 11.7. The molecule has 1 amide bonds. The summed E-state index contributed by atoms with van der Waals surface area (Å²) in [5, 5.41) is 21.3. The summed E-state index contributed by atoms with van der Waals surface area (Å²) in [5.74, 6) is -0.308. The molecule has 0 fully saturated rings. The third-order valence-electron chi connectivity index (χ3n) is 4.17. The van der Waals surface area contributed by atoms with Crippen LogP contribution >= 0.6 is 0 Å². The van der Waals surface area contributed by atoms with Crippen LogP contribution in [0.5, 0.6) is 0 Å². The summed E-state index contributed by atoms with van der Waals surface area (Å²) < 4.78 is 20.4. The number of carbonyl (C=O) groups is 1. The van der Waals surface area contributed by atoms with Gasteiger partial charge >= 0.3 is 6.09 Å². The molecule has 0 aliphatic carbocycles. The Kier molecular flexibility index (Phi) is 5.48. The van der Waals surface area contributed by atoms with Gasteiger partial charge in [-0.25, -0.2) is 18.9 Å². The first-order valence-corrected chi connectivity index (χ1v) is 8.52. The largest absolute Gasteiger partial charge is 0.441 e. The van der Waals surface area contributed by atoms with E-state index < -0.39 is 22.9 Å². The van der Waals surface area contributed by atoms with Crippen LogP contribution in [0.3, 0.4) is 0 Å². The highest BCUT2D eigenvalue weighted by Crippen LogP contribution is 2.27. The molecule has 1 aromatic carbocycles. The lowest BCUT2D eigenvalue weighted by molar-refractivity contribution is -0.385. The molecular formula is C18H17FN6O4. The van der Waals surface area contributed by atoms with E-state index in [-0.39, 0.29) is 28.5 Å². The lowest BCUT2D eigenvalue weighted by Gasteiger charge is -2.15. The molecule has 0 aliphatic heterocycles. The highest BCUT2D eigenvalue weighted by atomic mass is 19.1. The van der Waals surface area contributed by atoms with E-state index in [4.69, 9.17) is 4.74 Å². The van der Waals surface area contributed by atoms with E-state index in [1.807, 2.05) is 0 Å². The quantitative estimate of drug-likeness (QED) is 0.513. The van der Waals surface area contributed by atoms with Crippen LogP contribution < -0.4 is 5.32 Å². The average molecular weight is 400 g/mol. The summed E-state index contributed by atoms with van der Waals surface area (Å²) in [4.78, 5) is 26.9. The topological polar surface area (TPSA) is 125 Å². The van der Waals surface area contributed by atoms with Gasteiger partial charge < -0.3 is 4.74 Å². The van der Waals surface area contributed by atoms with Crippen molar-refractivity contribution in [1.82, 2.24) is 20.0 Å². The van der Waals surface area contributed by atoms with E-state index in [2.05, 4.69) is 20.6 Å². The molecule has 3 rings (SSSR count). The van der Waals surface area contributed by atoms with Crippen LogP contribution in [0.15, 0.2) is 36.4 Å². The Morgan fingerprint density at radius 3 is 2.69 bits per heavy atom. The third kappa shape index (κ3) is 4.18. The first kappa shape index (κ1) is 19.9. The van der Waals surface area contributed by atoms with Gasteiger partial charge in [0.05, 0.1) is 10.6 Å². The Labute approximate surface area is 164 Å². The van der Waals surface area contributed by atoms with Crippen molar-refractivity contribution in [2.24, 2.45) is 7.05 Å². The molecule has 0 unspecified atom stereocenters. The maximum atomic E-state index is 13.9. The molecule has 0 saturated carbocycles. The Morgan fingerprint density at radius 1 is 1.31 bits per heavy atom. The summed E-state index contributed by atoms with van der Waals surface area (Å²) >= 11 is 0. The van der Waals surface area contributed by atoms with Gasteiger partial charge in [0.2, 0.25) is 0 Å². The molecule has 0 aliphatic rings. The minimum Gasteiger partial charge on any atom is -0.441 e. The zero-order valence-corrected chi connectivity index (χ0v) is 15.8. The molecule has 1 atom stereocenters. The van der Waals surface area contributed by atoms with Gasteiger partial charge in [0.1, 0.15) is 17.6 Å². The number of rotatable bonds is 5. The van der Waals surface area contributed by atoms with Crippen molar-refractivity contribution in [1.29, 1.82) is 0 Å². The fourth-order valence-corrected chi connectivity index (χ4v) is 2.70. The molecule has 0 saturated heterocycles. The lowest BCUT2D eigenvalue weighted by Crippen LogP contribution is -2.19. The smallest absolute Gasteiger partial charge is 0.413 e. The van der Waals surface area contributed by atoms with E-state index in [0.29, 0.717) is 5.69 Å². The van der Waals surface area contributed by atoms with Crippen LogP contribution in [0.1, 0.15) is 24.3 Å². The Balaban J connectivity index is 1.81. The Hall–Kier alpha value is -3.89. The fourth-order valence-electron chi connectivity index (χ4n) is 2.70. The van der Waals surface area contributed by atoms with E-state index >= 15 is 0 Å². The molecule has 3 aromatic rings. The average Bonchev–Trinajstić information content (AvgIpc) is 3.02. The number of benzene rings is 1. The lowest BCUT2D eigenvalue weighted by atomic mass is 10.1. The van der Waals surface area contributed by atoms with E-state index in [0.717, 1.165) is 0 Å². The van der Waals surface area contributed by atoms with Crippen molar-refractivity contribution in [2.75, 3.05) is 5.32 Å². The first-order chi connectivity index (χ1) is 13.8. The van der Waals surface area contributed by atoms with E-state index in [1.165, 1.54) is 35.9 Å². The van der Waals surface area contributed by atoms with Crippen LogP contribution in [0, 0.1) is 22.9 Å². The van der Waals surface area contributed by atoms with Crippen molar-refractivity contribution in [2.45, 2.75) is 20.0 Å². The number of aromatic nitrogens is 4. The summed E-state index contributed by atoms with van der Waals surface area (Å²) in [6.45, 7) is 3.04. The van der Waals surface area contributed by atoms with Gasteiger partial charge in [0.15, 0.2) is 11.5 Å². The maximum Gasteiger partial charge on any atom is 0.413 e. The molecule has 2 aromatic heterocycles. The molecule has 0 radical (unpaired) electrons. The summed E-state index contributed by atoms with van der Waals surface area (Å²) in [6.07, 6.45) is -1.67. The van der Waals surface area contributed by atoms with Crippen LogP contribution in [0.4, 0.5) is 20.7 Å². The summed E-state index contributed by atoms with van der Waals surface area (Å²) in [7, 11) is 1.55. The minimum atomic E-state index is -0.842. The number of hydrogen-bond donors (Lipinski definition) is 1. The highest BCUT2D eigenvalue weighted by molar-refractivity contribution is 5.88. The van der Waals surface area contributed by atoms with Gasteiger partial charge in [-0.1, -0.05) is 23.4 Å². The SMILES string of the molecule is Cc1nc(-c2nnn(C)c2NC(=O)O[C@H](C)c2ccccc2F)ccc1[N+](=O)[O-]. The second-order valence-corrected chi connectivity index (χ2v) is 6.16. The van der Waals surface area contributed by atoms with Crippen molar-refractivity contribution >= 4 is 17.6 Å². The zero-order chi connectivity index (χ0) is 21.1. The van der Waals surface area contributed by atoms with Gasteiger partial charge in [-0.3, -0.25) is 15.4 Å². The zero-order valence-electron chi connectivity index (χ0n) is 15.8. The number of pyridine rings is 1. The second-order valence-electron chi connectivity index (χ2n) is 6.16. The molecule has 2 heterocycles. The van der Waals surface area contributed by atoms with Crippen LogP contribution in [-0.4, -0.2) is 31.0 Å². The van der Waals surface area contributed by atoms with Crippen LogP contribution in [0.2, 0.25) is 0 Å². The number of hydrogen-bond acceptors (Lipinski definition) is 7. The number of aryl methyl sites for hydroxylation is 2. The fraction of sp³-hybridized carbons (Fsp3) is 0.222. The monoisotopic (exact) mass is 400 g/mol. The van der Waals surface area contributed by atoms with Crippen molar-refractivity contribution in [3.05, 3.63) is 63.6 Å². The standard InChI is InChI=1S/C18H17FN6O4/c1-10-15(25(27)28)9-8-14(20-10)16-17(24(3)23-22-16)21-18(26)29-11(2)12-6-4-5-7-13(12)19/h4-9,11H,1-3H3,(H,21,26)/t11-/m1/s1. The predicted octanol–water partition coefficient (Wildman–Crippen LogP) is 3.54.